The molecule has 2 heterocycles. The number of aromatic nitrogens is 1. The molecule has 1 atom stereocenters. The van der Waals surface area contributed by atoms with Crippen molar-refractivity contribution in [3.63, 3.8) is 0 Å². The molecule has 1 amide bonds. The predicted molar refractivity (Wildman–Crippen MR) is 143 cm³/mol. The van der Waals surface area contributed by atoms with Crippen LogP contribution in [-0.4, -0.2) is 34.9 Å². The molecule has 1 unspecified atom stereocenters. The monoisotopic (exact) mass is 511 g/mol. The van der Waals surface area contributed by atoms with Crippen molar-refractivity contribution in [2.75, 3.05) is 17.3 Å². The third kappa shape index (κ3) is 5.22. The number of carbonyl (C=O) groups is 1. The lowest BCUT2D eigenvalue weighted by molar-refractivity contribution is -0.119. The average Bonchev–Trinajstić information content (AvgIpc) is 2.90. The van der Waals surface area contributed by atoms with Gasteiger partial charge >= 0.3 is 0 Å². The highest BCUT2D eigenvalue weighted by molar-refractivity contribution is 7.80. The highest BCUT2D eigenvalue weighted by Gasteiger charge is 2.31. The minimum atomic E-state index is -0.985. The Labute approximate surface area is 214 Å². The zero-order chi connectivity index (χ0) is 24.2. The van der Waals surface area contributed by atoms with Crippen LogP contribution in [0.1, 0.15) is 30.2 Å². The average molecular weight is 512 g/mol. The minimum Gasteiger partial charge on any atom is -0.333 e. The lowest BCUT2D eigenvalue weighted by atomic mass is 10.00. The van der Waals surface area contributed by atoms with Crippen LogP contribution in [0.3, 0.4) is 0 Å². The molecule has 0 bridgehead atoms. The Balaban J connectivity index is 1.70. The fourth-order valence-electron chi connectivity index (χ4n) is 3.73. The summed E-state index contributed by atoms with van der Waals surface area (Å²) in [6.07, 6.45) is 0.876. The van der Waals surface area contributed by atoms with E-state index in [1.54, 1.807) is 36.2 Å². The molecular weight excluding hydrogens is 489 g/mol. The standard InChI is InChI=1S/C25H23Cl2N5OS/c1-3-7-16-8-6-11-21(28-16)29-25(34)31-23-24(33)32(2)20-13-12-15(26)14-18(20)22(30-23)17-9-4-5-10-19(17)27/h4-6,8-14,23H,3,7H2,1-2H3,(H2,28,29,31,34). The molecule has 4 rings (SSSR count). The van der Waals surface area contributed by atoms with Gasteiger partial charge in [0.25, 0.3) is 5.91 Å². The molecule has 0 aliphatic carbocycles. The first-order chi connectivity index (χ1) is 16.4. The van der Waals surface area contributed by atoms with Gasteiger partial charge in [0.15, 0.2) is 5.11 Å². The number of aryl methyl sites for hydroxylation is 1. The number of aliphatic imine (C=N–C) groups is 1. The third-order valence-corrected chi connectivity index (χ3v) is 6.13. The van der Waals surface area contributed by atoms with Crippen LogP contribution in [0.15, 0.2) is 65.7 Å². The van der Waals surface area contributed by atoms with E-state index in [9.17, 15) is 4.79 Å². The van der Waals surface area contributed by atoms with Gasteiger partial charge < -0.3 is 15.5 Å². The fraction of sp³-hybridized carbons (Fsp3) is 0.200. The number of amides is 1. The molecule has 0 radical (unpaired) electrons. The molecule has 1 aliphatic rings. The third-order valence-electron chi connectivity index (χ3n) is 5.35. The normalized spacial score (nSPS) is 15.3. The lowest BCUT2D eigenvalue weighted by Gasteiger charge is -2.22. The maximum atomic E-state index is 13.4. The molecule has 9 heteroatoms. The molecule has 0 saturated heterocycles. The Hall–Kier alpha value is -3.00. The van der Waals surface area contributed by atoms with Crippen LogP contribution in [0, 0.1) is 0 Å². The van der Waals surface area contributed by atoms with E-state index in [-0.39, 0.29) is 11.0 Å². The van der Waals surface area contributed by atoms with Gasteiger partial charge in [0, 0.05) is 33.9 Å². The van der Waals surface area contributed by atoms with Crippen molar-refractivity contribution in [2.45, 2.75) is 25.9 Å². The summed E-state index contributed by atoms with van der Waals surface area (Å²) in [5.74, 6) is 0.325. The van der Waals surface area contributed by atoms with Crippen LogP contribution in [0.25, 0.3) is 0 Å². The number of nitrogens with one attached hydrogen (secondary N) is 2. The highest BCUT2D eigenvalue weighted by atomic mass is 35.5. The van der Waals surface area contributed by atoms with Gasteiger partial charge in [0.05, 0.1) is 11.4 Å². The summed E-state index contributed by atoms with van der Waals surface area (Å²) in [6, 6.07) is 18.4. The Morgan fingerprint density at radius 2 is 1.88 bits per heavy atom. The van der Waals surface area contributed by atoms with Crippen LogP contribution in [0.5, 0.6) is 0 Å². The van der Waals surface area contributed by atoms with Crippen LogP contribution < -0.4 is 15.5 Å². The van der Waals surface area contributed by atoms with Gasteiger partial charge in [0.2, 0.25) is 6.17 Å². The molecule has 0 fully saturated rings. The van der Waals surface area contributed by atoms with Crippen molar-refractivity contribution >= 4 is 63.7 Å². The minimum absolute atomic E-state index is 0.235. The highest BCUT2D eigenvalue weighted by Crippen LogP contribution is 2.31. The summed E-state index contributed by atoms with van der Waals surface area (Å²) >= 11 is 18.3. The van der Waals surface area contributed by atoms with Crippen molar-refractivity contribution in [1.82, 2.24) is 10.3 Å². The second-order valence-corrected chi connectivity index (χ2v) is 9.03. The zero-order valence-corrected chi connectivity index (χ0v) is 21.0. The molecule has 1 aliphatic heterocycles. The van der Waals surface area contributed by atoms with E-state index < -0.39 is 6.17 Å². The van der Waals surface area contributed by atoms with Gasteiger partial charge in [-0.25, -0.2) is 9.98 Å². The Morgan fingerprint density at radius 3 is 2.65 bits per heavy atom. The fourth-order valence-corrected chi connectivity index (χ4v) is 4.34. The first-order valence-electron chi connectivity index (χ1n) is 10.8. The van der Waals surface area contributed by atoms with E-state index in [2.05, 4.69) is 22.5 Å². The smallest absolute Gasteiger partial charge is 0.272 e. The molecule has 2 aromatic carbocycles. The van der Waals surface area contributed by atoms with E-state index in [1.807, 2.05) is 36.4 Å². The van der Waals surface area contributed by atoms with Gasteiger partial charge in [-0.3, -0.25) is 4.79 Å². The molecule has 3 aromatic rings. The second-order valence-electron chi connectivity index (χ2n) is 7.78. The van der Waals surface area contributed by atoms with Crippen molar-refractivity contribution in [2.24, 2.45) is 4.99 Å². The van der Waals surface area contributed by atoms with Gasteiger partial charge in [-0.15, -0.1) is 0 Å². The number of thiocarbonyl (C=S) groups is 1. The van der Waals surface area contributed by atoms with Crippen molar-refractivity contribution in [1.29, 1.82) is 0 Å². The summed E-state index contributed by atoms with van der Waals surface area (Å²) in [4.78, 5) is 24.2. The lowest BCUT2D eigenvalue weighted by Crippen LogP contribution is -2.47. The molecule has 0 spiro atoms. The quantitative estimate of drug-likeness (QED) is 0.444. The number of likely N-dealkylation sites (N-methyl/N-ethyl adjacent to an activating group) is 1. The largest absolute Gasteiger partial charge is 0.333 e. The maximum absolute atomic E-state index is 13.4. The van der Waals surface area contributed by atoms with Crippen LogP contribution in [0.2, 0.25) is 10.0 Å². The number of hydrogen-bond acceptors (Lipinski definition) is 4. The number of fused-ring (bicyclic) bond motifs is 1. The Kier molecular flexibility index (Phi) is 7.46. The first-order valence-corrected chi connectivity index (χ1v) is 12.0. The molecular formula is C25H23Cl2N5OS. The van der Waals surface area contributed by atoms with Crippen molar-refractivity contribution < 1.29 is 4.79 Å². The maximum Gasteiger partial charge on any atom is 0.272 e. The van der Waals surface area contributed by atoms with Crippen molar-refractivity contribution in [3.05, 3.63) is 87.5 Å². The van der Waals surface area contributed by atoms with E-state index in [0.717, 1.165) is 18.5 Å². The number of halogens is 2. The molecule has 1 aromatic heterocycles. The van der Waals surface area contributed by atoms with Gasteiger partial charge in [-0.1, -0.05) is 60.8 Å². The molecule has 174 valence electrons. The molecule has 0 saturated carbocycles. The van der Waals surface area contributed by atoms with Crippen LogP contribution in [-0.2, 0) is 11.2 Å². The van der Waals surface area contributed by atoms with Crippen LogP contribution >= 0.6 is 35.4 Å². The zero-order valence-electron chi connectivity index (χ0n) is 18.7. The van der Waals surface area contributed by atoms with E-state index in [0.29, 0.717) is 38.4 Å². The number of carbonyl (C=O) groups excluding carboxylic acids is 1. The van der Waals surface area contributed by atoms with Gasteiger partial charge in [0.1, 0.15) is 5.82 Å². The van der Waals surface area contributed by atoms with Crippen LogP contribution in [0.4, 0.5) is 11.5 Å². The van der Waals surface area contributed by atoms with E-state index in [4.69, 9.17) is 40.4 Å². The number of benzene rings is 2. The van der Waals surface area contributed by atoms with Gasteiger partial charge in [-0.05, 0) is 55.0 Å². The number of hydrogen-bond donors (Lipinski definition) is 2. The predicted octanol–water partition coefficient (Wildman–Crippen LogP) is 5.47. The molecule has 6 nitrogen and oxygen atoms in total. The number of pyridine rings is 1. The summed E-state index contributed by atoms with van der Waals surface area (Å²) in [6.45, 7) is 2.10. The van der Waals surface area contributed by atoms with E-state index >= 15 is 0 Å². The second kappa shape index (κ2) is 10.5. The topological polar surface area (TPSA) is 69.6 Å². The number of rotatable bonds is 5. The SMILES string of the molecule is CCCc1cccc(NC(=S)NC2N=C(c3ccccc3Cl)c3cc(Cl)ccc3N(C)C2=O)n1. The molecule has 34 heavy (non-hydrogen) atoms. The molecule has 2 N–H and O–H groups in total. The summed E-state index contributed by atoms with van der Waals surface area (Å²) in [5.41, 5.74) is 3.57. The van der Waals surface area contributed by atoms with E-state index in [1.165, 1.54) is 0 Å². The number of benzodiazepines with no additional fused rings is 1. The van der Waals surface area contributed by atoms with Gasteiger partial charge in [-0.2, -0.15) is 0 Å². The summed E-state index contributed by atoms with van der Waals surface area (Å²) < 4.78 is 0. The number of anilines is 2. The summed E-state index contributed by atoms with van der Waals surface area (Å²) in [7, 11) is 1.70. The Bertz CT molecular complexity index is 1280. The van der Waals surface area contributed by atoms with Crippen molar-refractivity contribution in [3.8, 4) is 0 Å². The first kappa shape index (κ1) is 24.1. The summed E-state index contributed by atoms with van der Waals surface area (Å²) in [5, 5.41) is 7.37. The number of nitrogens with zero attached hydrogens (tertiary/aromatic N) is 3. The Morgan fingerprint density at radius 1 is 1.09 bits per heavy atom.